The average molecular weight is 331 g/mol. The van der Waals surface area contributed by atoms with Gasteiger partial charge in [-0.1, -0.05) is 37.0 Å². The first kappa shape index (κ1) is 11.5. The highest BCUT2D eigenvalue weighted by atomic mass is 127. The van der Waals surface area contributed by atoms with E-state index in [0.29, 0.717) is 19.8 Å². The lowest BCUT2D eigenvalue weighted by molar-refractivity contribution is 0.677. The van der Waals surface area contributed by atoms with Crippen LogP contribution in [0.1, 0.15) is 32.0 Å². The van der Waals surface area contributed by atoms with Gasteiger partial charge >= 0.3 is 0 Å². The number of nitrogens with zero attached hydrogens (tertiary/aromatic N) is 2. The Kier molecular flexibility index (Phi) is 4.19. The third kappa shape index (κ3) is 2.67. The SMILES string of the molecule is CCC(C)c1nc(Cl)c(I)c(Cl)n1. The van der Waals surface area contributed by atoms with Crippen molar-refractivity contribution in [3.05, 3.63) is 19.7 Å². The van der Waals surface area contributed by atoms with Gasteiger partial charge in [0.2, 0.25) is 0 Å². The van der Waals surface area contributed by atoms with Crippen LogP contribution in [0.2, 0.25) is 10.3 Å². The van der Waals surface area contributed by atoms with Gasteiger partial charge in [0.15, 0.2) is 0 Å². The lowest BCUT2D eigenvalue weighted by atomic mass is 10.1. The quantitative estimate of drug-likeness (QED) is 0.607. The maximum atomic E-state index is 5.88. The molecule has 13 heavy (non-hydrogen) atoms. The van der Waals surface area contributed by atoms with Crippen molar-refractivity contribution in [1.82, 2.24) is 9.97 Å². The van der Waals surface area contributed by atoms with E-state index in [-0.39, 0.29) is 0 Å². The second-order valence-electron chi connectivity index (χ2n) is 2.79. The van der Waals surface area contributed by atoms with Crippen LogP contribution < -0.4 is 0 Å². The van der Waals surface area contributed by atoms with Gasteiger partial charge in [0.25, 0.3) is 0 Å². The molecule has 0 spiro atoms. The van der Waals surface area contributed by atoms with Crippen molar-refractivity contribution in [2.75, 3.05) is 0 Å². The predicted octanol–water partition coefficient (Wildman–Crippen LogP) is 3.90. The summed E-state index contributed by atoms with van der Waals surface area (Å²) in [6, 6.07) is 0. The highest BCUT2D eigenvalue weighted by Crippen LogP contribution is 2.25. The van der Waals surface area contributed by atoms with Crippen LogP contribution in [0.3, 0.4) is 0 Å². The number of hydrogen-bond acceptors (Lipinski definition) is 2. The van der Waals surface area contributed by atoms with E-state index in [2.05, 4.69) is 23.8 Å². The first-order valence-electron chi connectivity index (χ1n) is 3.94. The monoisotopic (exact) mass is 330 g/mol. The van der Waals surface area contributed by atoms with Crippen molar-refractivity contribution in [3.63, 3.8) is 0 Å². The Morgan fingerprint density at radius 3 is 2.15 bits per heavy atom. The lowest BCUT2D eigenvalue weighted by Crippen LogP contribution is -2.02. The van der Waals surface area contributed by atoms with Crippen LogP contribution in [-0.4, -0.2) is 9.97 Å². The molecule has 0 aliphatic heterocycles. The molecule has 0 aliphatic carbocycles. The highest BCUT2D eigenvalue weighted by molar-refractivity contribution is 14.1. The summed E-state index contributed by atoms with van der Waals surface area (Å²) in [5.74, 6) is 1.02. The summed E-state index contributed by atoms with van der Waals surface area (Å²) in [4.78, 5) is 8.33. The van der Waals surface area contributed by atoms with Crippen LogP contribution in [-0.2, 0) is 0 Å². The van der Waals surface area contributed by atoms with Gasteiger partial charge in [-0.3, -0.25) is 0 Å². The fraction of sp³-hybridized carbons (Fsp3) is 0.500. The molecular formula is C8H9Cl2IN2. The van der Waals surface area contributed by atoms with Gasteiger partial charge in [0.05, 0.1) is 3.57 Å². The number of hydrogen-bond donors (Lipinski definition) is 0. The summed E-state index contributed by atoms with van der Waals surface area (Å²) in [5, 5.41) is 0.881. The predicted molar refractivity (Wildman–Crippen MR) is 63.5 cm³/mol. The molecule has 0 aromatic carbocycles. The first-order chi connectivity index (χ1) is 6.06. The normalized spacial score (nSPS) is 13.0. The second kappa shape index (κ2) is 4.75. The zero-order chi connectivity index (χ0) is 10.0. The summed E-state index contributed by atoms with van der Waals surface area (Å²) in [6.07, 6.45) is 0.979. The van der Waals surface area contributed by atoms with Gasteiger partial charge in [-0.15, -0.1) is 0 Å². The smallest absolute Gasteiger partial charge is 0.147 e. The van der Waals surface area contributed by atoms with Gasteiger partial charge < -0.3 is 0 Å². The molecule has 0 amide bonds. The third-order valence-corrected chi connectivity index (χ3v) is 4.05. The van der Waals surface area contributed by atoms with E-state index >= 15 is 0 Å². The molecule has 72 valence electrons. The molecule has 1 rings (SSSR count). The van der Waals surface area contributed by atoms with Crippen LogP contribution >= 0.6 is 45.8 Å². The Morgan fingerprint density at radius 1 is 1.31 bits per heavy atom. The van der Waals surface area contributed by atoms with Gasteiger partial charge in [0, 0.05) is 5.92 Å². The molecule has 0 N–H and O–H groups in total. The standard InChI is InChI=1S/C8H9Cl2IN2/c1-3-4(2)8-12-6(9)5(11)7(10)13-8/h4H,3H2,1-2H3. The molecule has 0 radical (unpaired) electrons. The van der Waals surface area contributed by atoms with E-state index in [1.54, 1.807) is 0 Å². The fourth-order valence-electron chi connectivity index (χ4n) is 0.812. The van der Waals surface area contributed by atoms with Gasteiger partial charge in [-0.05, 0) is 29.0 Å². The maximum Gasteiger partial charge on any atom is 0.147 e. The minimum atomic E-state index is 0.298. The zero-order valence-corrected chi connectivity index (χ0v) is 11.0. The Balaban J connectivity index is 3.13. The molecule has 1 atom stereocenters. The van der Waals surface area contributed by atoms with Crippen molar-refractivity contribution in [2.24, 2.45) is 0 Å². The van der Waals surface area contributed by atoms with Gasteiger partial charge in [0.1, 0.15) is 16.1 Å². The van der Waals surface area contributed by atoms with Gasteiger partial charge in [-0.25, -0.2) is 9.97 Å². The summed E-state index contributed by atoms with van der Waals surface area (Å²) >= 11 is 13.8. The molecule has 0 saturated heterocycles. The molecular weight excluding hydrogens is 322 g/mol. The van der Waals surface area contributed by atoms with E-state index in [0.717, 1.165) is 12.2 Å². The Morgan fingerprint density at radius 2 is 1.77 bits per heavy atom. The Bertz CT molecular complexity index is 294. The Hall–Kier alpha value is 0.390. The topological polar surface area (TPSA) is 25.8 Å². The van der Waals surface area contributed by atoms with Crippen LogP contribution in [0.25, 0.3) is 0 Å². The molecule has 1 aromatic rings. The Labute approximate surface area is 101 Å². The highest BCUT2D eigenvalue weighted by Gasteiger charge is 2.12. The van der Waals surface area contributed by atoms with Gasteiger partial charge in [-0.2, -0.15) is 0 Å². The molecule has 0 fully saturated rings. The molecule has 0 bridgehead atoms. The van der Waals surface area contributed by atoms with E-state index in [1.165, 1.54) is 0 Å². The summed E-state index contributed by atoms with van der Waals surface area (Å²) in [7, 11) is 0. The zero-order valence-electron chi connectivity index (χ0n) is 7.31. The first-order valence-corrected chi connectivity index (χ1v) is 5.78. The van der Waals surface area contributed by atoms with E-state index in [4.69, 9.17) is 23.2 Å². The second-order valence-corrected chi connectivity index (χ2v) is 4.58. The third-order valence-electron chi connectivity index (χ3n) is 1.84. The van der Waals surface area contributed by atoms with Crippen molar-refractivity contribution >= 4 is 45.8 Å². The number of aromatic nitrogens is 2. The fourth-order valence-corrected chi connectivity index (χ4v) is 1.45. The van der Waals surface area contributed by atoms with Crippen molar-refractivity contribution in [2.45, 2.75) is 26.2 Å². The molecule has 1 heterocycles. The minimum absolute atomic E-state index is 0.298. The minimum Gasteiger partial charge on any atom is -0.220 e. The number of rotatable bonds is 2. The summed E-state index contributed by atoms with van der Waals surface area (Å²) in [5.41, 5.74) is 0. The van der Waals surface area contributed by atoms with Crippen molar-refractivity contribution in [1.29, 1.82) is 0 Å². The number of halogens is 3. The molecule has 1 unspecified atom stereocenters. The average Bonchev–Trinajstić information content (AvgIpc) is 2.12. The molecule has 2 nitrogen and oxygen atoms in total. The van der Waals surface area contributed by atoms with Crippen molar-refractivity contribution in [3.8, 4) is 0 Å². The molecule has 5 heteroatoms. The molecule has 0 saturated carbocycles. The van der Waals surface area contributed by atoms with E-state index in [9.17, 15) is 0 Å². The van der Waals surface area contributed by atoms with E-state index in [1.807, 2.05) is 22.6 Å². The summed E-state index contributed by atoms with van der Waals surface area (Å²) < 4.78 is 0.716. The van der Waals surface area contributed by atoms with E-state index < -0.39 is 0 Å². The van der Waals surface area contributed by atoms with Crippen LogP contribution in [0.4, 0.5) is 0 Å². The summed E-state index contributed by atoms with van der Waals surface area (Å²) in [6.45, 7) is 4.13. The maximum absolute atomic E-state index is 5.88. The molecule has 0 aliphatic rings. The van der Waals surface area contributed by atoms with Crippen LogP contribution in [0, 0.1) is 3.57 Å². The lowest BCUT2D eigenvalue weighted by Gasteiger charge is -2.08. The van der Waals surface area contributed by atoms with Crippen molar-refractivity contribution < 1.29 is 0 Å². The van der Waals surface area contributed by atoms with Crippen LogP contribution in [0.15, 0.2) is 0 Å². The van der Waals surface area contributed by atoms with Crippen LogP contribution in [0.5, 0.6) is 0 Å². The molecule has 1 aromatic heterocycles. The largest absolute Gasteiger partial charge is 0.220 e.